The third-order valence-electron chi connectivity index (χ3n) is 6.07. The van der Waals surface area contributed by atoms with E-state index in [-0.39, 0.29) is 5.28 Å². The van der Waals surface area contributed by atoms with Crippen LogP contribution in [0, 0.1) is 0 Å². The molecule has 0 amide bonds. The fourth-order valence-corrected chi connectivity index (χ4v) is 4.58. The third kappa shape index (κ3) is 4.18. The lowest BCUT2D eigenvalue weighted by Crippen LogP contribution is -2.00. The molecule has 0 unspecified atom stereocenters. The standard InChI is InChI=1S/C31H20ClN3/c32-31-34-29(26-18-10-9-17-25(26)21-11-3-1-4-12-21)33-30(35-31)28-20-24-16-8-7-15-23(24)19-27(28)22-13-5-2-6-14-22/h1-20H. The van der Waals surface area contributed by atoms with Crippen molar-refractivity contribution in [2.75, 3.05) is 0 Å². The molecule has 0 saturated heterocycles. The number of benzene rings is 5. The van der Waals surface area contributed by atoms with Crippen molar-refractivity contribution in [2.45, 2.75) is 0 Å². The maximum Gasteiger partial charge on any atom is 0.226 e. The van der Waals surface area contributed by atoms with E-state index >= 15 is 0 Å². The van der Waals surface area contributed by atoms with E-state index in [0.29, 0.717) is 11.6 Å². The largest absolute Gasteiger partial charge is 0.226 e. The second-order valence-electron chi connectivity index (χ2n) is 8.27. The lowest BCUT2D eigenvalue weighted by molar-refractivity contribution is 1.07. The third-order valence-corrected chi connectivity index (χ3v) is 6.24. The van der Waals surface area contributed by atoms with Crippen LogP contribution in [0.5, 0.6) is 0 Å². The van der Waals surface area contributed by atoms with Crippen LogP contribution >= 0.6 is 11.6 Å². The van der Waals surface area contributed by atoms with Crippen LogP contribution in [-0.4, -0.2) is 15.0 Å². The summed E-state index contributed by atoms with van der Waals surface area (Å²) in [5.74, 6) is 1.10. The first-order valence-corrected chi connectivity index (χ1v) is 11.8. The first kappa shape index (κ1) is 21.2. The Morgan fingerprint density at radius 2 is 0.857 bits per heavy atom. The molecule has 1 aromatic heterocycles. The monoisotopic (exact) mass is 469 g/mol. The maximum atomic E-state index is 6.50. The van der Waals surface area contributed by atoms with Crippen molar-refractivity contribution in [3.63, 3.8) is 0 Å². The van der Waals surface area contributed by atoms with Gasteiger partial charge in [0.15, 0.2) is 11.6 Å². The van der Waals surface area contributed by atoms with E-state index in [0.717, 1.165) is 44.2 Å². The van der Waals surface area contributed by atoms with Gasteiger partial charge < -0.3 is 0 Å². The van der Waals surface area contributed by atoms with Crippen molar-refractivity contribution < 1.29 is 0 Å². The topological polar surface area (TPSA) is 38.7 Å². The van der Waals surface area contributed by atoms with Gasteiger partial charge in [0.25, 0.3) is 0 Å². The van der Waals surface area contributed by atoms with E-state index in [1.807, 2.05) is 60.7 Å². The fourth-order valence-electron chi connectivity index (χ4n) is 4.42. The maximum absolute atomic E-state index is 6.50. The minimum absolute atomic E-state index is 0.167. The summed E-state index contributed by atoms with van der Waals surface area (Å²) in [7, 11) is 0. The van der Waals surface area contributed by atoms with Gasteiger partial charge in [0.1, 0.15) is 0 Å². The van der Waals surface area contributed by atoms with Crippen LogP contribution in [0.1, 0.15) is 0 Å². The Morgan fingerprint density at radius 3 is 1.49 bits per heavy atom. The van der Waals surface area contributed by atoms with E-state index in [4.69, 9.17) is 16.6 Å². The zero-order valence-corrected chi connectivity index (χ0v) is 19.5. The van der Waals surface area contributed by atoms with E-state index < -0.39 is 0 Å². The first-order chi connectivity index (χ1) is 17.3. The van der Waals surface area contributed by atoms with E-state index in [9.17, 15) is 0 Å². The highest BCUT2D eigenvalue weighted by atomic mass is 35.5. The van der Waals surface area contributed by atoms with E-state index in [2.05, 4.69) is 70.6 Å². The molecule has 0 bridgehead atoms. The summed E-state index contributed by atoms with van der Waals surface area (Å²) in [6, 6.07) is 41.3. The Morgan fingerprint density at radius 1 is 0.400 bits per heavy atom. The van der Waals surface area contributed by atoms with Crippen LogP contribution in [0.4, 0.5) is 0 Å². The highest BCUT2D eigenvalue weighted by Crippen LogP contribution is 2.36. The minimum Gasteiger partial charge on any atom is -0.208 e. The number of rotatable bonds is 4. The smallest absolute Gasteiger partial charge is 0.208 e. The number of hydrogen-bond donors (Lipinski definition) is 0. The zero-order valence-electron chi connectivity index (χ0n) is 18.8. The second-order valence-corrected chi connectivity index (χ2v) is 8.61. The molecule has 0 saturated carbocycles. The molecule has 0 atom stereocenters. The Kier molecular flexibility index (Phi) is 5.53. The predicted molar refractivity (Wildman–Crippen MR) is 144 cm³/mol. The normalized spacial score (nSPS) is 11.0. The van der Waals surface area contributed by atoms with Crippen molar-refractivity contribution in [2.24, 2.45) is 0 Å². The van der Waals surface area contributed by atoms with Gasteiger partial charge in [-0.05, 0) is 56.8 Å². The summed E-state index contributed by atoms with van der Waals surface area (Å²) in [5, 5.41) is 2.44. The minimum atomic E-state index is 0.167. The molecule has 0 N–H and O–H groups in total. The number of fused-ring (bicyclic) bond motifs is 1. The molecule has 0 aliphatic carbocycles. The van der Waals surface area contributed by atoms with Gasteiger partial charge >= 0.3 is 0 Å². The van der Waals surface area contributed by atoms with Crippen LogP contribution in [0.2, 0.25) is 5.28 Å². The molecule has 6 aromatic rings. The second kappa shape index (κ2) is 9.13. The molecule has 4 heteroatoms. The molecule has 0 aliphatic rings. The molecule has 0 spiro atoms. The van der Waals surface area contributed by atoms with Crippen LogP contribution in [0.15, 0.2) is 121 Å². The molecule has 0 aliphatic heterocycles. The van der Waals surface area contributed by atoms with Gasteiger partial charge in [0, 0.05) is 11.1 Å². The molecule has 5 aromatic carbocycles. The Bertz CT molecular complexity index is 1650. The van der Waals surface area contributed by atoms with Gasteiger partial charge in [-0.15, -0.1) is 0 Å². The molecule has 0 fully saturated rings. The van der Waals surface area contributed by atoms with Gasteiger partial charge in [-0.3, -0.25) is 0 Å². The van der Waals surface area contributed by atoms with Gasteiger partial charge in [-0.1, -0.05) is 109 Å². The molecule has 1 heterocycles. The number of nitrogens with zero attached hydrogens (tertiary/aromatic N) is 3. The molecule has 6 rings (SSSR count). The van der Waals surface area contributed by atoms with Crippen molar-refractivity contribution in [1.82, 2.24) is 15.0 Å². The highest BCUT2D eigenvalue weighted by molar-refractivity contribution is 6.28. The van der Waals surface area contributed by atoms with Gasteiger partial charge in [-0.2, -0.15) is 9.97 Å². The summed E-state index contributed by atoms with van der Waals surface area (Å²) in [6.07, 6.45) is 0. The van der Waals surface area contributed by atoms with Crippen molar-refractivity contribution >= 4 is 22.4 Å². The van der Waals surface area contributed by atoms with Crippen molar-refractivity contribution in [3.05, 3.63) is 127 Å². The fraction of sp³-hybridized carbons (Fsp3) is 0. The van der Waals surface area contributed by atoms with Crippen LogP contribution in [0.3, 0.4) is 0 Å². The summed E-state index contributed by atoms with van der Waals surface area (Å²) in [5.41, 5.74) is 6.11. The SMILES string of the molecule is Clc1nc(-c2ccccc2-c2ccccc2)nc(-c2cc3ccccc3cc2-c2ccccc2)n1. The van der Waals surface area contributed by atoms with Gasteiger partial charge in [-0.25, -0.2) is 4.98 Å². The zero-order chi connectivity index (χ0) is 23.6. The van der Waals surface area contributed by atoms with Crippen LogP contribution in [0.25, 0.3) is 55.8 Å². The summed E-state index contributed by atoms with van der Waals surface area (Å²) < 4.78 is 0. The molecule has 166 valence electrons. The van der Waals surface area contributed by atoms with Crippen LogP contribution in [-0.2, 0) is 0 Å². The first-order valence-electron chi connectivity index (χ1n) is 11.4. The molecule has 35 heavy (non-hydrogen) atoms. The molecular formula is C31H20ClN3. The average Bonchev–Trinajstić information content (AvgIpc) is 2.93. The summed E-state index contributed by atoms with van der Waals surface area (Å²) in [6.45, 7) is 0. The van der Waals surface area contributed by atoms with Crippen molar-refractivity contribution in [1.29, 1.82) is 0 Å². The highest BCUT2D eigenvalue weighted by Gasteiger charge is 2.17. The Hall–Kier alpha value is -4.34. The Balaban J connectivity index is 1.58. The molecular weight excluding hydrogens is 450 g/mol. The Labute approximate surface area is 208 Å². The predicted octanol–water partition coefficient (Wildman–Crippen LogP) is 8.35. The van der Waals surface area contributed by atoms with E-state index in [1.54, 1.807) is 0 Å². The molecule has 3 nitrogen and oxygen atoms in total. The number of aromatic nitrogens is 3. The van der Waals surface area contributed by atoms with Crippen molar-refractivity contribution in [3.8, 4) is 45.0 Å². The van der Waals surface area contributed by atoms with Gasteiger partial charge in [0.05, 0.1) is 0 Å². The number of halogens is 1. The molecule has 0 radical (unpaired) electrons. The van der Waals surface area contributed by atoms with E-state index in [1.165, 1.54) is 0 Å². The summed E-state index contributed by atoms with van der Waals surface area (Å²) in [4.78, 5) is 14.0. The number of hydrogen-bond acceptors (Lipinski definition) is 3. The summed E-state index contributed by atoms with van der Waals surface area (Å²) >= 11 is 6.50. The van der Waals surface area contributed by atoms with Crippen LogP contribution < -0.4 is 0 Å². The average molecular weight is 470 g/mol. The quantitative estimate of drug-likeness (QED) is 0.260. The lowest BCUT2D eigenvalue weighted by atomic mass is 9.95. The lowest BCUT2D eigenvalue weighted by Gasteiger charge is -2.13. The van der Waals surface area contributed by atoms with Gasteiger partial charge in [0.2, 0.25) is 5.28 Å².